The number of hydrogen-bond acceptors (Lipinski definition) is 5. The van der Waals surface area contributed by atoms with Gasteiger partial charge < -0.3 is 15.5 Å². The van der Waals surface area contributed by atoms with Gasteiger partial charge in [0.25, 0.3) is 0 Å². The van der Waals surface area contributed by atoms with Crippen molar-refractivity contribution in [1.82, 2.24) is 5.32 Å². The van der Waals surface area contributed by atoms with Gasteiger partial charge in [0.2, 0.25) is 5.91 Å². The van der Waals surface area contributed by atoms with Crippen LogP contribution in [0, 0.1) is 0 Å². The molecule has 1 heterocycles. The van der Waals surface area contributed by atoms with Crippen molar-refractivity contribution in [3.63, 3.8) is 0 Å². The molecule has 0 saturated heterocycles. The van der Waals surface area contributed by atoms with Crippen LogP contribution in [0.4, 0.5) is 0 Å². The minimum Gasteiger partial charge on any atom is -0.479 e. The third kappa shape index (κ3) is 6.04. The Morgan fingerprint density at radius 3 is 2.89 bits per heavy atom. The van der Waals surface area contributed by atoms with Gasteiger partial charge in [-0.15, -0.1) is 23.1 Å². The smallest absolute Gasteiger partial charge is 0.332 e. The Labute approximate surface area is 113 Å². The number of carboxylic acids is 1. The van der Waals surface area contributed by atoms with E-state index in [1.807, 2.05) is 17.5 Å². The molecule has 0 radical (unpaired) electrons. The number of thiophene rings is 1. The van der Waals surface area contributed by atoms with E-state index >= 15 is 0 Å². The Bertz CT molecular complexity index is 380. The van der Waals surface area contributed by atoms with E-state index in [1.165, 1.54) is 16.6 Å². The van der Waals surface area contributed by atoms with Gasteiger partial charge >= 0.3 is 5.97 Å². The van der Waals surface area contributed by atoms with Crippen LogP contribution in [0.15, 0.2) is 17.5 Å². The first-order chi connectivity index (χ1) is 8.59. The van der Waals surface area contributed by atoms with Crippen molar-refractivity contribution < 1.29 is 19.8 Å². The van der Waals surface area contributed by atoms with Gasteiger partial charge in [-0.1, -0.05) is 6.07 Å². The lowest BCUT2D eigenvalue weighted by atomic mass is 10.2. The van der Waals surface area contributed by atoms with Crippen LogP contribution in [0.25, 0.3) is 0 Å². The van der Waals surface area contributed by atoms with Gasteiger partial charge in [-0.2, -0.15) is 0 Å². The van der Waals surface area contributed by atoms with Crippen LogP contribution in [0.2, 0.25) is 0 Å². The molecule has 0 aliphatic rings. The maximum absolute atomic E-state index is 11.4. The molecule has 0 aliphatic heterocycles. The van der Waals surface area contributed by atoms with E-state index in [4.69, 9.17) is 10.2 Å². The fourth-order valence-electron chi connectivity index (χ4n) is 1.16. The van der Waals surface area contributed by atoms with Gasteiger partial charge in [0.15, 0.2) is 6.10 Å². The Morgan fingerprint density at radius 1 is 1.50 bits per heavy atom. The van der Waals surface area contributed by atoms with Crippen molar-refractivity contribution in [3.8, 4) is 0 Å². The van der Waals surface area contributed by atoms with Crippen LogP contribution >= 0.6 is 23.1 Å². The van der Waals surface area contributed by atoms with Gasteiger partial charge in [0.1, 0.15) is 0 Å². The van der Waals surface area contributed by atoms with Crippen LogP contribution in [-0.4, -0.2) is 40.5 Å². The molecule has 0 aromatic carbocycles. The summed E-state index contributed by atoms with van der Waals surface area (Å²) in [6.45, 7) is 0.172. The molecule has 0 spiro atoms. The molecule has 3 N–H and O–H groups in total. The largest absolute Gasteiger partial charge is 0.479 e. The maximum Gasteiger partial charge on any atom is 0.332 e. The number of carbonyl (C=O) groups is 2. The molecule has 1 rings (SSSR count). The number of aliphatic carboxylic acids is 1. The second kappa shape index (κ2) is 8.12. The van der Waals surface area contributed by atoms with Crippen molar-refractivity contribution in [2.45, 2.75) is 18.3 Å². The fourth-order valence-corrected chi connectivity index (χ4v) is 2.86. The Kier molecular flexibility index (Phi) is 6.77. The number of aliphatic hydroxyl groups excluding tert-OH is 1. The number of hydrogen-bond donors (Lipinski definition) is 3. The van der Waals surface area contributed by atoms with Crippen molar-refractivity contribution in [2.75, 3.05) is 12.3 Å². The number of amides is 1. The number of carbonyl (C=O) groups excluding carboxylic acids is 1. The Morgan fingerprint density at radius 2 is 2.28 bits per heavy atom. The molecular formula is C11H15NO4S2. The summed E-state index contributed by atoms with van der Waals surface area (Å²) in [6, 6.07) is 3.98. The van der Waals surface area contributed by atoms with Crippen molar-refractivity contribution >= 4 is 35.0 Å². The average molecular weight is 289 g/mol. The van der Waals surface area contributed by atoms with E-state index in [1.54, 1.807) is 11.3 Å². The summed E-state index contributed by atoms with van der Waals surface area (Å²) in [4.78, 5) is 22.9. The van der Waals surface area contributed by atoms with Crippen LogP contribution in [0.3, 0.4) is 0 Å². The SMILES string of the molecule is O=C(CSCc1cccs1)NCCC(O)C(=O)O. The maximum atomic E-state index is 11.4. The number of thioether (sulfide) groups is 1. The van der Waals surface area contributed by atoms with E-state index < -0.39 is 12.1 Å². The van der Waals surface area contributed by atoms with Gasteiger partial charge in [0.05, 0.1) is 5.75 Å². The number of carboxylic acid groups (broad SMARTS) is 1. The average Bonchev–Trinajstić information content (AvgIpc) is 2.81. The van der Waals surface area contributed by atoms with E-state index in [0.717, 1.165) is 5.75 Å². The summed E-state index contributed by atoms with van der Waals surface area (Å²) in [7, 11) is 0. The minimum absolute atomic E-state index is 0.0245. The molecule has 5 nitrogen and oxygen atoms in total. The van der Waals surface area contributed by atoms with Gasteiger partial charge in [-0.05, 0) is 11.4 Å². The Balaban J connectivity index is 2.05. The third-order valence-corrected chi connectivity index (χ3v) is 4.12. The fraction of sp³-hybridized carbons (Fsp3) is 0.455. The highest BCUT2D eigenvalue weighted by molar-refractivity contribution is 7.99. The second-order valence-electron chi connectivity index (χ2n) is 3.56. The lowest BCUT2D eigenvalue weighted by molar-refractivity contribution is -0.147. The van der Waals surface area contributed by atoms with Gasteiger partial charge in [-0.25, -0.2) is 4.79 Å². The second-order valence-corrected chi connectivity index (χ2v) is 5.58. The van der Waals surface area contributed by atoms with E-state index in [9.17, 15) is 9.59 Å². The lowest BCUT2D eigenvalue weighted by Crippen LogP contribution is -2.31. The number of nitrogens with one attached hydrogen (secondary N) is 1. The summed E-state index contributed by atoms with van der Waals surface area (Å²) in [5.74, 6) is -0.283. The monoisotopic (exact) mass is 289 g/mol. The summed E-state index contributed by atoms with van der Waals surface area (Å²) >= 11 is 3.15. The predicted molar refractivity (Wildman–Crippen MR) is 71.8 cm³/mol. The molecule has 7 heteroatoms. The molecule has 18 heavy (non-hydrogen) atoms. The lowest BCUT2D eigenvalue weighted by Gasteiger charge is -2.07. The molecule has 1 atom stereocenters. The highest BCUT2D eigenvalue weighted by Gasteiger charge is 2.12. The van der Waals surface area contributed by atoms with Crippen LogP contribution < -0.4 is 5.32 Å². The Hall–Kier alpha value is -1.05. The standard InChI is InChI=1S/C11H15NO4S2/c13-9(11(15)16)3-4-12-10(14)7-17-6-8-2-1-5-18-8/h1-2,5,9,13H,3-4,6-7H2,(H,12,14)(H,15,16). The highest BCUT2D eigenvalue weighted by Crippen LogP contribution is 2.16. The van der Waals surface area contributed by atoms with E-state index in [2.05, 4.69) is 5.32 Å². The molecule has 1 unspecified atom stereocenters. The quantitative estimate of drug-likeness (QED) is 0.663. The van der Waals surface area contributed by atoms with E-state index in [-0.39, 0.29) is 18.9 Å². The molecule has 1 aromatic heterocycles. The first-order valence-corrected chi connectivity index (χ1v) is 7.40. The molecule has 1 amide bonds. The van der Waals surface area contributed by atoms with Crippen LogP contribution in [-0.2, 0) is 15.3 Å². The molecule has 100 valence electrons. The van der Waals surface area contributed by atoms with Gasteiger partial charge in [0, 0.05) is 23.6 Å². The molecular weight excluding hydrogens is 274 g/mol. The highest BCUT2D eigenvalue weighted by atomic mass is 32.2. The van der Waals surface area contributed by atoms with Crippen LogP contribution in [0.5, 0.6) is 0 Å². The van der Waals surface area contributed by atoms with Crippen molar-refractivity contribution in [1.29, 1.82) is 0 Å². The normalized spacial score (nSPS) is 12.1. The first-order valence-electron chi connectivity index (χ1n) is 5.37. The summed E-state index contributed by atoms with van der Waals surface area (Å²) < 4.78 is 0. The molecule has 0 fully saturated rings. The minimum atomic E-state index is -1.41. The van der Waals surface area contributed by atoms with E-state index in [0.29, 0.717) is 5.75 Å². The summed E-state index contributed by atoms with van der Waals surface area (Å²) in [5.41, 5.74) is 0. The zero-order valence-corrected chi connectivity index (χ0v) is 11.3. The third-order valence-electron chi connectivity index (χ3n) is 2.08. The summed E-state index contributed by atoms with van der Waals surface area (Å²) in [5, 5.41) is 22.0. The molecule has 1 aromatic rings. The molecule has 0 bridgehead atoms. The molecule has 0 aliphatic carbocycles. The summed E-state index contributed by atoms with van der Waals surface area (Å²) in [6.07, 6.45) is -1.39. The van der Waals surface area contributed by atoms with Crippen molar-refractivity contribution in [3.05, 3.63) is 22.4 Å². The van der Waals surface area contributed by atoms with Crippen molar-refractivity contribution in [2.24, 2.45) is 0 Å². The van der Waals surface area contributed by atoms with Crippen LogP contribution in [0.1, 0.15) is 11.3 Å². The molecule has 0 saturated carbocycles. The zero-order valence-electron chi connectivity index (χ0n) is 9.67. The van der Waals surface area contributed by atoms with Gasteiger partial charge in [-0.3, -0.25) is 4.79 Å². The topological polar surface area (TPSA) is 86.6 Å². The number of aliphatic hydroxyl groups is 1. The predicted octanol–water partition coefficient (Wildman–Crippen LogP) is 0.933. The zero-order chi connectivity index (χ0) is 13.4. The number of rotatable bonds is 8. The first kappa shape index (κ1) is 15.0.